The lowest BCUT2D eigenvalue weighted by atomic mass is 9.33. The third kappa shape index (κ3) is 7.53. The van der Waals surface area contributed by atoms with E-state index < -0.39 is 10.0 Å². The number of rotatable bonds is 10. The quantitative estimate of drug-likeness (QED) is 0.124. The summed E-state index contributed by atoms with van der Waals surface area (Å²) in [6.07, 6.45) is 0. The van der Waals surface area contributed by atoms with Gasteiger partial charge in [-0.25, -0.2) is 0 Å². The molecule has 13 aromatic carbocycles. The molecule has 0 spiro atoms. The third-order valence-corrected chi connectivity index (χ3v) is 21.0. The molecule has 14 aromatic rings. The molecule has 0 saturated heterocycles. The molecule has 0 radical (unpaired) electrons. The summed E-state index contributed by atoms with van der Waals surface area (Å²) in [7, 11) is -1.97. The second-order valence-corrected chi connectivity index (χ2v) is 24.6. The molecule has 3 heterocycles. The first-order chi connectivity index (χ1) is 40.7. The first-order valence-corrected chi connectivity index (χ1v) is 30.0. The molecule has 0 N–H and O–H groups in total. The van der Waals surface area contributed by atoms with Gasteiger partial charge in [0.05, 0.1) is 5.52 Å². The second kappa shape index (κ2) is 19.6. The summed E-state index contributed by atoms with van der Waals surface area (Å²) in [5, 5.41) is 2.50. The highest BCUT2D eigenvalue weighted by atomic mass is 32.3. The van der Waals surface area contributed by atoms with E-state index in [9.17, 15) is 0 Å². The predicted molar refractivity (Wildman–Crippen MR) is 347 cm³/mol. The molecule has 0 unspecified atom stereocenters. The zero-order chi connectivity index (χ0) is 54.1. The summed E-state index contributed by atoms with van der Waals surface area (Å²) in [4.78, 5) is 7.74. The lowest BCUT2D eigenvalue weighted by Gasteiger charge is -2.42. The molecule has 0 amide bonds. The van der Waals surface area contributed by atoms with Crippen molar-refractivity contribution in [2.75, 3.05) is 4.90 Å². The Balaban J connectivity index is 1.01. The van der Waals surface area contributed by atoms with Gasteiger partial charge in [0.15, 0.2) is 0 Å². The minimum atomic E-state index is -1.97. The van der Waals surface area contributed by atoms with Crippen LogP contribution in [0.2, 0.25) is 0 Å². The number of benzene rings is 13. The van der Waals surface area contributed by atoms with Crippen molar-refractivity contribution in [1.82, 2.24) is 4.57 Å². The minimum absolute atomic E-state index is 0.126. The van der Waals surface area contributed by atoms with Crippen LogP contribution in [0.25, 0.3) is 83.1 Å². The lowest BCUT2D eigenvalue weighted by molar-refractivity contribution is 1.18. The largest absolute Gasteiger partial charge is 0.311 e. The predicted octanol–water partition coefficient (Wildman–Crippen LogP) is 19.1. The van der Waals surface area contributed by atoms with Crippen LogP contribution >= 0.6 is 10.0 Å². The number of hydrogen-bond donors (Lipinski definition) is 0. The van der Waals surface area contributed by atoms with E-state index >= 15 is 0 Å². The molecule has 2 nitrogen and oxygen atoms in total. The van der Waals surface area contributed by atoms with Gasteiger partial charge in [0.25, 0.3) is 6.71 Å². The number of para-hydroxylation sites is 2. The molecule has 2 aliphatic heterocycles. The Hall–Kier alpha value is -10.1. The van der Waals surface area contributed by atoms with Crippen molar-refractivity contribution in [2.45, 2.75) is 19.6 Å². The van der Waals surface area contributed by atoms with Crippen LogP contribution in [0.3, 0.4) is 0 Å². The number of anilines is 3. The highest BCUT2D eigenvalue weighted by Crippen LogP contribution is 2.73. The van der Waals surface area contributed by atoms with E-state index in [1.165, 1.54) is 125 Å². The first-order valence-electron chi connectivity index (χ1n) is 28.3. The monoisotopic (exact) mass is 1060 g/mol. The van der Waals surface area contributed by atoms with Crippen molar-refractivity contribution in [3.05, 3.63) is 322 Å². The maximum Gasteiger partial charge on any atom is 0.252 e. The van der Waals surface area contributed by atoms with Crippen LogP contribution in [-0.2, 0) is 0 Å². The van der Waals surface area contributed by atoms with Crippen LogP contribution in [0.4, 0.5) is 17.1 Å². The molecule has 2 aliphatic rings. The van der Waals surface area contributed by atoms with E-state index in [1.54, 1.807) is 0 Å². The van der Waals surface area contributed by atoms with Crippen LogP contribution < -0.4 is 21.3 Å². The topological polar surface area (TPSA) is 8.17 Å². The molecular weight excluding hydrogens is 1010 g/mol. The second-order valence-electron chi connectivity index (χ2n) is 21.5. The van der Waals surface area contributed by atoms with E-state index in [1.807, 2.05) is 0 Å². The normalized spacial score (nSPS) is 12.5. The van der Waals surface area contributed by atoms with Crippen molar-refractivity contribution in [3.63, 3.8) is 0 Å². The van der Waals surface area contributed by atoms with Gasteiger partial charge in [-0.3, -0.25) is 0 Å². The number of hydrogen-bond acceptors (Lipinski definition) is 1. The van der Waals surface area contributed by atoms with Crippen LogP contribution in [0.15, 0.2) is 341 Å². The molecule has 4 heteroatoms. The Morgan fingerprint density at radius 1 is 0.268 bits per heavy atom. The van der Waals surface area contributed by atoms with Crippen molar-refractivity contribution < 1.29 is 0 Å². The van der Waals surface area contributed by atoms with Crippen LogP contribution in [0.5, 0.6) is 0 Å². The van der Waals surface area contributed by atoms with Crippen molar-refractivity contribution in [1.29, 1.82) is 0 Å². The average molecular weight is 1060 g/mol. The highest BCUT2D eigenvalue weighted by Gasteiger charge is 2.43. The minimum Gasteiger partial charge on any atom is -0.311 e. The molecule has 0 aliphatic carbocycles. The van der Waals surface area contributed by atoms with Crippen LogP contribution in [-0.4, -0.2) is 11.3 Å². The summed E-state index contributed by atoms with van der Waals surface area (Å²) in [5.74, 6) is 0. The SMILES string of the molecule is c1ccc(-c2ccccc2-c2ccc3c(c2)B2c4c(cc(-c5cccc(S(c6ccccc6)(c6ccccc6)c6ccccc6)c5)cc4-n4c5ccccc5c5cc(-c6ccccc6-c6ccccc6)cc2c54)N3c2ccccc2)cc1. The molecule has 384 valence electrons. The number of nitrogens with zero attached hydrogens (tertiary/aromatic N) is 2. The summed E-state index contributed by atoms with van der Waals surface area (Å²) < 4.78 is 2.62. The Morgan fingerprint density at radius 2 is 0.732 bits per heavy atom. The zero-order valence-corrected chi connectivity index (χ0v) is 45.8. The van der Waals surface area contributed by atoms with Gasteiger partial charge in [-0.15, -0.1) is 10.0 Å². The van der Waals surface area contributed by atoms with Crippen molar-refractivity contribution in [2.24, 2.45) is 0 Å². The summed E-state index contributed by atoms with van der Waals surface area (Å²) in [5.41, 5.74) is 23.0. The van der Waals surface area contributed by atoms with Crippen LogP contribution in [0, 0.1) is 0 Å². The van der Waals surface area contributed by atoms with Gasteiger partial charge in [0.1, 0.15) is 0 Å². The maximum absolute atomic E-state index is 2.62. The van der Waals surface area contributed by atoms with Gasteiger partial charge < -0.3 is 9.47 Å². The van der Waals surface area contributed by atoms with E-state index in [0.29, 0.717) is 0 Å². The Bertz CT molecular complexity index is 4640. The molecule has 1 aromatic heterocycles. The zero-order valence-electron chi connectivity index (χ0n) is 45.0. The fourth-order valence-corrected chi connectivity index (χ4v) is 17.5. The van der Waals surface area contributed by atoms with Gasteiger partial charge >= 0.3 is 0 Å². The molecule has 82 heavy (non-hydrogen) atoms. The van der Waals surface area contributed by atoms with E-state index in [4.69, 9.17) is 0 Å². The molecule has 0 fully saturated rings. The summed E-state index contributed by atoms with van der Waals surface area (Å²) in [6.45, 7) is -0.126. The van der Waals surface area contributed by atoms with Crippen molar-refractivity contribution >= 4 is 72.0 Å². The van der Waals surface area contributed by atoms with Gasteiger partial charge in [0.2, 0.25) is 0 Å². The Kier molecular flexibility index (Phi) is 11.4. The lowest BCUT2D eigenvalue weighted by Crippen LogP contribution is -2.60. The molecule has 0 saturated carbocycles. The average Bonchev–Trinajstić information content (AvgIpc) is 2.30. The Morgan fingerprint density at radius 3 is 1.33 bits per heavy atom. The molecule has 16 rings (SSSR count). The molecular formula is C78H53BN2S. The van der Waals surface area contributed by atoms with Gasteiger partial charge in [0, 0.05) is 58.6 Å². The fraction of sp³-hybridized carbons (Fsp3) is 0. The van der Waals surface area contributed by atoms with Gasteiger partial charge in [-0.2, -0.15) is 0 Å². The van der Waals surface area contributed by atoms with E-state index in [-0.39, 0.29) is 6.71 Å². The van der Waals surface area contributed by atoms with Crippen LogP contribution in [0.1, 0.15) is 0 Å². The smallest absolute Gasteiger partial charge is 0.252 e. The van der Waals surface area contributed by atoms with E-state index in [2.05, 4.69) is 331 Å². The van der Waals surface area contributed by atoms with Crippen molar-refractivity contribution in [3.8, 4) is 61.3 Å². The number of fused-ring (bicyclic) bond motifs is 7. The third-order valence-electron chi connectivity index (χ3n) is 17.1. The summed E-state index contributed by atoms with van der Waals surface area (Å²) >= 11 is 0. The maximum atomic E-state index is 2.62. The highest BCUT2D eigenvalue weighted by molar-refractivity contribution is 8.34. The fourth-order valence-electron chi connectivity index (χ4n) is 13.6. The number of aromatic nitrogens is 1. The Labute approximate surface area is 480 Å². The molecule has 0 atom stereocenters. The van der Waals surface area contributed by atoms with Gasteiger partial charge in [-0.05, 0) is 163 Å². The molecule has 0 bridgehead atoms. The van der Waals surface area contributed by atoms with Gasteiger partial charge in [-0.1, -0.05) is 231 Å². The summed E-state index contributed by atoms with van der Waals surface area (Å²) in [6, 6.07) is 120. The standard InChI is InChI=1S/C78H53BN2S/c1-7-26-54(27-8-1)65-40-19-21-42-67(65)57-46-47-74-71(50-57)79-72-51-59(68-43-22-20-41-66(68)55-28-9-2-10-29-55)49-70-69-44-23-24-45-73(69)81(78(70)72)76-53-58(52-75(77(76)79)80(74)60-31-11-3-12-32-60)56-30-25-39-64(48-56)82(61-33-13-4-14-34-61,62-35-15-5-16-36-62)63-37-17-6-18-38-63/h1-53H. The van der Waals surface area contributed by atoms with E-state index in [0.717, 1.165) is 11.3 Å². The first kappa shape index (κ1) is 47.8.